The molecule has 3 amide bonds. The number of hydrogen-bond donors (Lipinski definition) is 3. The molecule has 2 fully saturated rings. The highest BCUT2D eigenvalue weighted by atomic mass is 16.6. The first-order valence-electron chi connectivity index (χ1n) is 17.4. The van der Waals surface area contributed by atoms with E-state index >= 15 is 0 Å². The largest absolute Gasteiger partial charge is 0.361 e. The third kappa shape index (κ3) is 10.0. The summed E-state index contributed by atoms with van der Waals surface area (Å²) in [7, 11) is 0. The molecular weight excluding hydrogens is 632 g/mol. The van der Waals surface area contributed by atoms with Gasteiger partial charge in [-0.05, 0) is 86.4 Å². The minimum absolute atomic E-state index is 0.149. The van der Waals surface area contributed by atoms with Gasteiger partial charge < -0.3 is 20.7 Å². The van der Waals surface area contributed by atoms with Crippen LogP contribution in [-0.4, -0.2) is 59.9 Å². The monoisotopic (exact) mass is 678 g/mol. The number of carbonyl (C=O) groups excluding carboxylic acids is 4. The second-order valence-electron chi connectivity index (χ2n) is 13.7. The van der Waals surface area contributed by atoms with Crippen molar-refractivity contribution >= 4 is 23.5 Å². The maximum absolute atomic E-state index is 14.2. The summed E-state index contributed by atoms with van der Waals surface area (Å²) in [4.78, 5) is 57.3. The Hall–Kier alpha value is -4.99. The molecule has 11 heteroatoms. The van der Waals surface area contributed by atoms with Crippen LogP contribution in [0.25, 0.3) is 10.4 Å². The van der Waals surface area contributed by atoms with Gasteiger partial charge in [0.25, 0.3) is 0 Å². The van der Waals surface area contributed by atoms with Crippen molar-refractivity contribution in [1.29, 1.82) is 0 Å². The van der Waals surface area contributed by atoms with Crippen LogP contribution < -0.4 is 16.0 Å². The van der Waals surface area contributed by atoms with Gasteiger partial charge in [-0.15, -0.1) is 0 Å². The van der Waals surface area contributed by atoms with Crippen molar-refractivity contribution in [2.24, 2.45) is 11.0 Å². The van der Waals surface area contributed by atoms with Crippen LogP contribution >= 0.6 is 0 Å². The molecule has 0 bridgehead atoms. The van der Waals surface area contributed by atoms with Crippen LogP contribution in [0, 0.1) is 5.92 Å². The summed E-state index contributed by atoms with van der Waals surface area (Å²) < 4.78 is 5.29. The molecule has 50 heavy (non-hydrogen) atoms. The average molecular weight is 679 g/mol. The second-order valence-corrected chi connectivity index (χ2v) is 13.7. The maximum atomic E-state index is 14.2. The van der Waals surface area contributed by atoms with Crippen LogP contribution in [0.15, 0.2) is 96.1 Å². The number of ether oxygens (including phenoxy) is 1. The van der Waals surface area contributed by atoms with Gasteiger partial charge in [-0.3, -0.25) is 19.2 Å². The van der Waals surface area contributed by atoms with E-state index in [1.54, 1.807) is 13.8 Å². The Morgan fingerprint density at radius 1 is 0.780 bits per heavy atom. The molecular formula is C39H46N6O5. The maximum Gasteiger partial charge on any atom is 0.243 e. The minimum Gasteiger partial charge on any atom is -0.361 e. The fourth-order valence-corrected chi connectivity index (χ4v) is 6.79. The van der Waals surface area contributed by atoms with Gasteiger partial charge in [0.15, 0.2) is 5.78 Å². The highest BCUT2D eigenvalue weighted by Gasteiger charge is 2.49. The quantitative estimate of drug-likeness (QED) is 0.0803. The van der Waals surface area contributed by atoms with Crippen LogP contribution in [-0.2, 0) is 36.8 Å². The number of benzene rings is 3. The number of Topliss-reactive ketones (excluding diaryl/α,β-unsaturated/α-hetero) is 1. The number of epoxide rings is 1. The number of amides is 3. The summed E-state index contributed by atoms with van der Waals surface area (Å²) in [5.74, 6) is -1.26. The molecule has 262 valence electrons. The zero-order valence-electron chi connectivity index (χ0n) is 28.7. The Kier molecular flexibility index (Phi) is 12.4. The Balaban J connectivity index is 1.34. The molecule has 3 N–H and O–H groups in total. The molecule has 1 saturated carbocycles. The molecule has 0 radical (unpaired) electrons. The van der Waals surface area contributed by atoms with Crippen molar-refractivity contribution in [1.82, 2.24) is 16.0 Å². The number of nitrogens with zero attached hydrogens (tertiary/aromatic N) is 3. The van der Waals surface area contributed by atoms with Crippen molar-refractivity contribution < 1.29 is 23.9 Å². The first-order chi connectivity index (χ1) is 24.1. The van der Waals surface area contributed by atoms with E-state index < -0.39 is 47.5 Å². The van der Waals surface area contributed by atoms with Crippen LogP contribution in [0.1, 0.15) is 68.6 Å². The van der Waals surface area contributed by atoms with Gasteiger partial charge >= 0.3 is 0 Å². The van der Waals surface area contributed by atoms with Gasteiger partial charge in [-0.2, -0.15) is 0 Å². The highest BCUT2D eigenvalue weighted by Crippen LogP contribution is 2.37. The Morgan fingerprint density at radius 3 is 1.86 bits per heavy atom. The van der Waals surface area contributed by atoms with E-state index in [4.69, 9.17) is 4.74 Å². The van der Waals surface area contributed by atoms with Gasteiger partial charge in [-0.1, -0.05) is 96.1 Å². The van der Waals surface area contributed by atoms with Crippen molar-refractivity contribution in [3.8, 4) is 0 Å². The van der Waals surface area contributed by atoms with Crippen LogP contribution in [0.2, 0.25) is 0 Å². The second kappa shape index (κ2) is 17.1. The van der Waals surface area contributed by atoms with Gasteiger partial charge in [0.2, 0.25) is 17.7 Å². The first-order valence-corrected chi connectivity index (χ1v) is 17.4. The Bertz CT molecular complexity index is 1650. The molecule has 0 aromatic heterocycles. The number of carbonyl (C=O) groups is 4. The summed E-state index contributed by atoms with van der Waals surface area (Å²) in [6.45, 7) is 3.58. The minimum atomic E-state index is -1.08. The lowest BCUT2D eigenvalue weighted by atomic mass is 9.76. The predicted octanol–water partition coefficient (Wildman–Crippen LogP) is 5.35. The van der Waals surface area contributed by atoms with E-state index in [1.165, 1.54) is 5.56 Å². The van der Waals surface area contributed by atoms with Gasteiger partial charge in [0.1, 0.15) is 23.7 Å². The summed E-state index contributed by atoms with van der Waals surface area (Å²) in [5, 5.41) is 12.3. The van der Waals surface area contributed by atoms with Crippen molar-refractivity contribution in [3.05, 3.63) is 118 Å². The zero-order chi connectivity index (χ0) is 35.5. The molecule has 5 atom stereocenters. The SMILES string of the molecule is C[C@H](NC(=O)[C@H](Cc1ccccc1)NC(=O)[C@H](CC1CCC(c2ccccc2)CC1)NC(=O)C(Cc1ccccc1)N=[N+]=[N-])C(=O)[C@@]1(C)CO1. The van der Waals surface area contributed by atoms with Gasteiger partial charge in [-0.25, -0.2) is 0 Å². The Labute approximate surface area is 293 Å². The average Bonchev–Trinajstić information content (AvgIpc) is 3.90. The van der Waals surface area contributed by atoms with Gasteiger partial charge in [0, 0.05) is 11.3 Å². The lowest BCUT2D eigenvalue weighted by molar-refractivity contribution is -0.134. The van der Waals surface area contributed by atoms with E-state index in [0.717, 1.165) is 36.8 Å². The molecule has 0 spiro atoms. The normalized spacial score (nSPS) is 22.0. The molecule has 1 aliphatic carbocycles. The van der Waals surface area contributed by atoms with Crippen LogP contribution in [0.5, 0.6) is 0 Å². The van der Waals surface area contributed by atoms with Crippen molar-refractivity contribution in [2.45, 2.75) is 94.5 Å². The molecule has 2 aliphatic rings. The zero-order valence-corrected chi connectivity index (χ0v) is 28.7. The predicted molar refractivity (Wildman–Crippen MR) is 190 cm³/mol. The van der Waals surface area contributed by atoms with Crippen molar-refractivity contribution in [2.75, 3.05) is 6.61 Å². The van der Waals surface area contributed by atoms with E-state index in [2.05, 4.69) is 38.1 Å². The van der Waals surface area contributed by atoms with E-state index in [1.807, 2.05) is 78.9 Å². The molecule has 1 aliphatic heterocycles. The fraction of sp³-hybridized carbons (Fsp3) is 0.436. The molecule has 1 heterocycles. The first kappa shape index (κ1) is 36.3. The smallest absolute Gasteiger partial charge is 0.243 e. The van der Waals surface area contributed by atoms with E-state index in [0.29, 0.717) is 18.9 Å². The topological polar surface area (TPSA) is 166 Å². The number of hydrogen-bond acceptors (Lipinski definition) is 6. The number of rotatable bonds is 16. The number of ketones is 1. The summed E-state index contributed by atoms with van der Waals surface area (Å²) >= 11 is 0. The lowest BCUT2D eigenvalue weighted by Gasteiger charge is -2.32. The van der Waals surface area contributed by atoms with Crippen molar-refractivity contribution in [3.63, 3.8) is 0 Å². The standard InChI is InChI=1S/C39H46N6O5/c1-26(35(46)39(2)25-50-39)41-36(47)32(22-27-12-6-3-7-13-27)42-37(48)33(23-29-18-20-31(21-19-29)30-16-10-5-11-17-30)43-38(49)34(44-45-40)24-28-14-8-4-9-15-28/h3-17,26,29,31-34H,18-25H2,1-2H3,(H,41,47)(H,42,48)(H,43,49)/t26-,29?,31?,32-,33-,34?,39+/m0/s1. The number of azide groups is 1. The third-order valence-corrected chi connectivity index (χ3v) is 9.85. The van der Waals surface area contributed by atoms with E-state index in [9.17, 15) is 24.7 Å². The molecule has 1 saturated heterocycles. The molecule has 3 aromatic carbocycles. The van der Waals surface area contributed by atoms with Crippen LogP contribution in [0.4, 0.5) is 0 Å². The fourth-order valence-electron chi connectivity index (χ4n) is 6.79. The third-order valence-electron chi connectivity index (χ3n) is 9.85. The van der Waals surface area contributed by atoms with E-state index in [-0.39, 0.29) is 24.5 Å². The Morgan fingerprint density at radius 2 is 1.30 bits per heavy atom. The molecule has 1 unspecified atom stereocenters. The lowest BCUT2D eigenvalue weighted by Crippen LogP contribution is -2.57. The number of nitrogens with one attached hydrogen (secondary N) is 3. The highest BCUT2D eigenvalue weighted by molar-refractivity contribution is 5.98. The molecule has 5 rings (SSSR count). The van der Waals surface area contributed by atoms with Gasteiger partial charge in [0.05, 0.1) is 12.6 Å². The summed E-state index contributed by atoms with van der Waals surface area (Å²) in [5.41, 5.74) is 11.3. The summed E-state index contributed by atoms with van der Waals surface area (Å²) in [6.07, 6.45) is 4.36. The molecule has 11 nitrogen and oxygen atoms in total. The molecule has 3 aromatic rings. The van der Waals surface area contributed by atoms with Crippen LogP contribution in [0.3, 0.4) is 0 Å². The summed E-state index contributed by atoms with van der Waals surface area (Å²) in [6, 6.07) is 25.0.